The molecular formula is C18H29NO5. The van der Waals surface area contributed by atoms with Crippen molar-refractivity contribution in [3.8, 4) is 11.5 Å². The molecule has 0 unspecified atom stereocenters. The number of hydrogen-bond acceptors (Lipinski definition) is 6. The van der Waals surface area contributed by atoms with E-state index < -0.39 is 12.2 Å². The number of ether oxygens (including phenoxy) is 3. The average Bonchev–Trinajstić information content (AvgIpc) is 2.53. The molecule has 1 aromatic rings. The molecule has 0 saturated carbocycles. The highest BCUT2D eigenvalue weighted by atomic mass is 16.5. The molecule has 0 bridgehead atoms. The van der Waals surface area contributed by atoms with E-state index in [0.29, 0.717) is 44.5 Å². The molecule has 1 aromatic carbocycles. The van der Waals surface area contributed by atoms with E-state index in [1.54, 1.807) is 14.2 Å². The van der Waals surface area contributed by atoms with Crippen LogP contribution < -0.4 is 9.47 Å². The molecule has 1 heterocycles. The Kier molecular flexibility index (Phi) is 6.86. The van der Waals surface area contributed by atoms with Crippen molar-refractivity contribution >= 4 is 0 Å². The third-order valence-corrected chi connectivity index (χ3v) is 4.09. The van der Waals surface area contributed by atoms with Crippen LogP contribution in [0.25, 0.3) is 0 Å². The zero-order chi connectivity index (χ0) is 17.7. The summed E-state index contributed by atoms with van der Waals surface area (Å²) in [6.07, 6.45) is -1.27. The van der Waals surface area contributed by atoms with E-state index >= 15 is 0 Å². The van der Waals surface area contributed by atoms with Crippen molar-refractivity contribution < 1.29 is 24.4 Å². The van der Waals surface area contributed by atoms with Gasteiger partial charge in [-0.05, 0) is 18.1 Å². The summed E-state index contributed by atoms with van der Waals surface area (Å²) in [5.74, 6) is 1.83. The monoisotopic (exact) mass is 339 g/mol. The molecule has 0 fully saturated rings. The van der Waals surface area contributed by atoms with Crippen molar-refractivity contribution in [1.29, 1.82) is 0 Å². The van der Waals surface area contributed by atoms with Gasteiger partial charge in [-0.25, -0.2) is 0 Å². The van der Waals surface area contributed by atoms with Gasteiger partial charge < -0.3 is 24.4 Å². The molecule has 1 aliphatic heterocycles. The van der Waals surface area contributed by atoms with Gasteiger partial charge in [-0.1, -0.05) is 13.8 Å². The van der Waals surface area contributed by atoms with Crippen LogP contribution >= 0.6 is 0 Å². The molecule has 136 valence electrons. The van der Waals surface area contributed by atoms with Gasteiger partial charge in [0.25, 0.3) is 0 Å². The summed E-state index contributed by atoms with van der Waals surface area (Å²) in [4.78, 5) is 2.01. The molecule has 0 radical (unpaired) electrons. The molecule has 6 heteroatoms. The molecule has 2 rings (SSSR count). The second-order valence-electron chi connectivity index (χ2n) is 6.66. The quantitative estimate of drug-likeness (QED) is 0.749. The predicted octanol–water partition coefficient (Wildman–Crippen LogP) is 1.59. The van der Waals surface area contributed by atoms with Gasteiger partial charge in [-0.15, -0.1) is 0 Å². The van der Waals surface area contributed by atoms with Crippen molar-refractivity contribution in [2.24, 2.45) is 5.92 Å². The van der Waals surface area contributed by atoms with Crippen molar-refractivity contribution in [3.05, 3.63) is 23.3 Å². The van der Waals surface area contributed by atoms with Gasteiger partial charge in [0.15, 0.2) is 0 Å². The minimum absolute atomic E-state index is 0.298. The van der Waals surface area contributed by atoms with E-state index in [1.165, 1.54) is 0 Å². The zero-order valence-corrected chi connectivity index (χ0v) is 15.0. The van der Waals surface area contributed by atoms with Gasteiger partial charge in [0, 0.05) is 37.4 Å². The SMILES string of the molecule is COc1ccc(OC)c2c1CN(C[C@H](O)COCC(C)C)C[C@H]2O. The summed E-state index contributed by atoms with van der Waals surface area (Å²) < 4.78 is 16.3. The van der Waals surface area contributed by atoms with Crippen molar-refractivity contribution in [2.75, 3.05) is 40.5 Å². The summed E-state index contributed by atoms with van der Waals surface area (Å²) in [7, 11) is 3.21. The van der Waals surface area contributed by atoms with Gasteiger partial charge in [0.05, 0.1) is 33.0 Å². The van der Waals surface area contributed by atoms with E-state index in [2.05, 4.69) is 13.8 Å². The first-order valence-electron chi connectivity index (χ1n) is 8.36. The van der Waals surface area contributed by atoms with Gasteiger partial charge >= 0.3 is 0 Å². The fourth-order valence-corrected chi connectivity index (χ4v) is 3.07. The Hall–Kier alpha value is -1.34. The third kappa shape index (κ3) is 4.60. The summed E-state index contributed by atoms with van der Waals surface area (Å²) in [6.45, 7) is 6.55. The summed E-state index contributed by atoms with van der Waals surface area (Å²) in [5.41, 5.74) is 1.68. The van der Waals surface area contributed by atoms with Crippen LogP contribution in [0.1, 0.15) is 31.1 Å². The fourth-order valence-electron chi connectivity index (χ4n) is 3.07. The number of aliphatic hydroxyl groups excluding tert-OH is 2. The maximum Gasteiger partial charge on any atom is 0.125 e. The Morgan fingerprint density at radius 3 is 2.46 bits per heavy atom. The van der Waals surface area contributed by atoms with Crippen molar-refractivity contribution in [2.45, 2.75) is 32.6 Å². The highest BCUT2D eigenvalue weighted by Gasteiger charge is 2.30. The second kappa shape index (κ2) is 8.67. The van der Waals surface area contributed by atoms with Crippen LogP contribution in [0.5, 0.6) is 11.5 Å². The van der Waals surface area contributed by atoms with Crippen LogP contribution in [0, 0.1) is 5.92 Å². The van der Waals surface area contributed by atoms with Crippen LogP contribution in [-0.4, -0.2) is 61.7 Å². The first-order chi connectivity index (χ1) is 11.5. The lowest BCUT2D eigenvalue weighted by Crippen LogP contribution is -2.40. The Balaban J connectivity index is 2.05. The predicted molar refractivity (Wildman–Crippen MR) is 91.4 cm³/mol. The van der Waals surface area contributed by atoms with E-state index in [1.807, 2.05) is 17.0 Å². The van der Waals surface area contributed by atoms with Gasteiger partial charge in [0.2, 0.25) is 0 Å². The molecule has 6 nitrogen and oxygen atoms in total. The first-order valence-corrected chi connectivity index (χ1v) is 8.36. The number of nitrogens with zero attached hydrogens (tertiary/aromatic N) is 1. The van der Waals surface area contributed by atoms with Crippen LogP contribution in [-0.2, 0) is 11.3 Å². The normalized spacial score (nSPS) is 19.2. The topological polar surface area (TPSA) is 71.4 Å². The summed E-state index contributed by atoms with van der Waals surface area (Å²) in [5, 5.41) is 20.7. The lowest BCUT2D eigenvalue weighted by Gasteiger charge is -2.34. The molecule has 2 N–H and O–H groups in total. The number of rotatable bonds is 8. The van der Waals surface area contributed by atoms with Gasteiger partial charge in [-0.3, -0.25) is 4.90 Å². The Morgan fingerprint density at radius 1 is 1.17 bits per heavy atom. The minimum atomic E-state index is -0.678. The lowest BCUT2D eigenvalue weighted by atomic mass is 9.95. The highest BCUT2D eigenvalue weighted by molar-refractivity contribution is 5.51. The number of fused-ring (bicyclic) bond motifs is 1. The average molecular weight is 339 g/mol. The van der Waals surface area contributed by atoms with Crippen LogP contribution in [0.3, 0.4) is 0 Å². The number of hydrogen-bond donors (Lipinski definition) is 2. The Bertz CT molecular complexity index is 534. The van der Waals surface area contributed by atoms with Crippen LogP contribution in [0.4, 0.5) is 0 Å². The molecule has 0 spiro atoms. The largest absolute Gasteiger partial charge is 0.496 e. The van der Waals surface area contributed by atoms with Crippen molar-refractivity contribution in [1.82, 2.24) is 4.90 Å². The van der Waals surface area contributed by atoms with E-state index in [9.17, 15) is 10.2 Å². The van der Waals surface area contributed by atoms with E-state index in [-0.39, 0.29) is 0 Å². The van der Waals surface area contributed by atoms with Crippen LogP contribution in [0.2, 0.25) is 0 Å². The molecular weight excluding hydrogens is 310 g/mol. The Morgan fingerprint density at radius 2 is 1.83 bits per heavy atom. The molecule has 0 saturated heterocycles. The number of methoxy groups -OCH3 is 2. The molecule has 0 aromatic heterocycles. The fraction of sp³-hybridized carbons (Fsp3) is 0.667. The molecule has 0 aliphatic carbocycles. The van der Waals surface area contributed by atoms with Gasteiger partial charge in [0.1, 0.15) is 11.5 Å². The van der Waals surface area contributed by atoms with Crippen LogP contribution in [0.15, 0.2) is 12.1 Å². The maximum atomic E-state index is 10.5. The first kappa shape index (κ1) is 19.0. The van der Waals surface area contributed by atoms with E-state index in [4.69, 9.17) is 14.2 Å². The molecule has 1 aliphatic rings. The Labute approximate surface area is 143 Å². The lowest BCUT2D eigenvalue weighted by molar-refractivity contribution is -0.00521. The highest BCUT2D eigenvalue weighted by Crippen LogP contribution is 2.39. The second-order valence-corrected chi connectivity index (χ2v) is 6.66. The minimum Gasteiger partial charge on any atom is -0.496 e. The standard InChI is InChI=1S/C18H29NO5/c1-12(2)10-24-11-13(20)7-19-8-14-16(22-3)5-6-17(23-4)18(14)15(21)9-19/h5-6,12-13,15,20-21H,7-11H2,1-4H3/t13-,15+/m0/s1. The maximum absolute atomic E-state index is 10.5. The summed E-state index contributed by atoms with van der Waals surface area (Å²) >= 11 is 0. The molecule has 0 amide bonds. The van der Waals surface area contributed by atoms with Crippen molar-refractivity contribution in [3.63, 3.8) is 0 Å². The van der Waals surface area contributed by atoms with E-state index in [0.717, 1.165) is 16.9 Å². The number of benzene rings is 1. The third-order valence-electron chi connectivity index (χ3n) is 4.09. The zero-order valence-electron chi connectivity index (χ0n) is 15.0. The van der Waals surface area contributed by atoms with Gasteiger partial charge in [-0.2, -0.15) is 0 Å². The smallest absolute Gasteiger partial charge is 0.125 e. The molecule has 2 atom stereocenters. The molecule has 24 heavy (non-hydrogen) atoms. The number of aliphatic hydroxyl groups is 2. The summed E-state index contributed by atoms with van der Waals surface area (Å²) in [6, 6.07) is 3.65. The number of β-amino-alcohol motifs (C(OH)–C–C–N with tert-alkyl or cyclic N) is 2.